The molecular formula is C8H11ClN2O4S2. The third-order valence-corrected chi connectivity index (χ3v) is 5.50. The van der Waals surface area contributed by atoms with Gasteiger partial charge in [0.1, 0.15) is 0 Å². The van der Waals surface area contributed by atoms with E-state index in [0.29, 0.717) is 5.56 Å². The van der Waals surface area contributed by atoms with E-state index in [2.05, 4.69) is 9.71 Å². The highest BCUT2D eigenvalue weighted by atomic mass is 35.5. The van der Waals surface area contributed by atoms with Crippen LogP contribution in [0.3, 0.4) is 0 Å². The highest BCUT2D eigenvalue weighted by molar-refractivity contribution is 8.08. The van der Waals surface area contributed by atoms with Crippen molar-refractivity contribution in [3.8, 4) is 0 Å². The lowest BCUT2D eigenvalue weighted by Crippen LogP contribution is -2.22. The summed E-state index contributed by atoms with van der Waals surface area (Å²) in [6.45, 7) is 1.63. The van der Waals surface area contributed by atoms with Crippen LogP contribution in [0.5, 0.6) is 0 Å². The molecule has 0 saturated carbocycles. The second-order valence-electron chi connectivity index (χ2n) is 3.55. The van der Waals surface area contributed by atoms with E-state index in [0.717, 1.165) is 6.26 Å². The highest BCUT2D eigenvalue weighted by Crippen LogP contribution is 2.24. The minimum Gasteiger partial charge on any atom is -0.279 e. The third kappa shape index (κ3) is 4.49. The summed E-state index contributed by atoms with van der Waals surface area (Å²) in [5.74, 6) is 0. The van der Waals surface area contributed by atoms with Crippen LogP contribution in [0.15, 0.2) is 12.3 Å². The molecule has 1 rings (SSSR count). The molecule has 1 heterocycles. The van der Waals surface area contributed by atoms with E-state index >= 15 is 0 Å². The van der Waals surface area contributed by atoms with E-state index in [1.165, 1.54) is 6.20 Å². The molecule has 0 atom stereocenters. The summed E-state index contributed by atoms with van der Waals surface area (Å²) in [4.78, 5) is 3.71. The predicted molar refractivity (Wildman–Crippen MR) is 66.2 cm³/mol. The smallest absolute Gasteiger partial charge is 0.247 e. The van der Waals surface area contributed by atoms with Crippen molar-refractivity contribution in [1.82, 2.24) is 4.98 Å². The maximum absolute atomic E-state index is 11.5. The molecule has 0 radical (unpaired) electrons. The number of sulfone groups is 1. The van der Waals surface area contributed by atoms with Crippen molar-refractivity contribution in [2.24, 2.45) is 0 Å². The summed E-state index contributed by atoms with van der Waals surface area (Å²) >= 11 is 5.72. The molecule has 96 valence electrons. The zero-order valence-corrected chi connectivity index (χ0v) is 11.5. The van der Waals surface area contributed by atoms with Crippen LogP contribution in [0.2, 0.25) is 5.15 Å². The average molecular weight is 299 g/mol. The Morgan fingerprint density at radius 1 is 1.35 bits per heavy atom. The summed E-state index contributed by atoms with van der Waals surface area (Å²) in [6.07, 6.45) is 2.26. The van der Waals surface area contributed by atoms with Crippen LogP contribution >= 0.6 is 11.6 Å². The molecule has 1 aromatic heterocycles. The molecule has 0 aliphatic rings. The number of hydrogen-bond acceptors (Lipinski definition) is 5. The fourth-order valence-electron chi connectivity index (χ4n) is 1.11. The van der Waals surface area contributed by atoms with Gasteiger partial charge >= 0.3 is 0 Å². The molecule has 0 amide bonds. The largest absolute Gasteiger partial charge is 0.279 e. The highest BCUT2D eigenvalue weighted by Gasteiger charge is 2.20. The van der Waals surface area contributed by atoms with E-state index in [9.17, 15) is 16.8 Å². The van der Waals surface area contributed by atoms with Crippen LogP contribution in [-0.2, 0) is 19.9 Å². The van der Waals surface area contributed by atoms with Gasteiger partial charge in [-0.25, -0.2) is 21.8 Å². The molecule has 0 bridgehead atoms. The Kier molecular flexibility index (Phi) is 4.00. The van der Waals surface area contributed by atoms with Crippen LogP contribution in [0.4, 0.5) is 5.69 Å². The van der Waals surface area contributed by atoms with Gasteiger partial charge in [0.2, 0.25) is 10.0 Å². The minimum absolute atomic E-state index is 0.0259. The number of anilines is 1. The van der Waals surface area contributed by atoms with Gasteiger partial charge in [-0.05, 0) is 18.6 Å². The predicted octanol–water partition coefficient (Wildman–Crippen LogP) is 0.787. The number of rotatable bonds is 4. The monoisotopic (exact) mass is 298 g/mol. The third-order valence-electron chi connectivity index (χ3n) is 1.74. The van der Waals surface area contributed by atoms with Gasteiger partial charge in [-0.3, -0.25) is 4.72 Å². The molecule has 0 unspecified atom stereocenters. The van der Waals surface area contributed by atoms with Crippen LogP contribution in [0.1, 0.15) is 5.56 Å². The van der Waals surface area contributed by atoms with Gasteiger partial charge in [-0.1, -0.05) is 11.6 Å². The van der Waals surface area contributed by atoms with E-state index in [-0.39, 0.29) is 10.8 Å². The molecule has 0 fully saturated rings. The standard InChI is InChI=1S/C8H11ClN2O4S2/c1-6-3-4-10-8(9)7(6)11-17(14,15)5-16(2,12)13/h3-4,11H,5H2,1-2H3. The average Bonchev–Trinajstić information content (AvgIpc) is 2.07. The van der Waals surface area contributed by atoms with Crippen molar-refractivity contribution in [1.29, 1.82) is 0 Å². The summed E-state index contributed by atoms with van der Waals surface area (Å²) < 4.78 is 47.1. The number of aromatic nitrogens is 1. The first-order valence-electron chi connectivity index (χ1n) is 4.40. The quantitative estimate of drug-likeness (QED) is 0.829. The molecule has 1 aromatic rings. The van der Waals surface area contributed by atoms with Gasteiger partial charge in [0.15, 0.2) is 20.1 Å². The van der Waals surface area contributed by atoms with Crippen LogP contribution in [-0.4, -0.2) is 33.2 Å². The minimum atomic E-state index is -4.00. The van der Waals surface area contributed by atoms with E-state index in [1.54, 1.807) is 13.0 Å². The molecule has 9 heteroatoms. The number of halogens is 1. The SMILES string of the molecule is Cc1ccnc(Cl)c1NS(=O)(=O)CS(C)(=O)=O. The number of aryl methyl sites for hydroxylation is 1. The zero-order valence-electron chi connectivity index (χ0n) is 9.14. The molecule has 0 aliphatic carbocycles. The van der Waals surface area contributed by atoms with E-state index in [4.69, 9.17) is 11.6 Å². The van der Waals surface area contributed by atoms with Crippen LogP contribution in [0.25, 0.3) is 0 Å². The van der Waals surface area contributed by atoms with Crippen LogP contribution in [0, 0.1) is 6.92 Å². The number of sulfonamides is 1. The van der Waals surface area contributed by atoms with Gasteiger partial charge in [0.05, 0.1) is 5.69 Å². The Bertz CT molecular complexity index is 605. The topological polar surface area (TPSA) is 93.2 Å². The van der Waals surface area contributed by atoms with Crippen molar-refractivity contribution < 1.29 is 16.8 Å². The molecule has 17 heavy (non-hydrogen) atoms. The van der Waals surface area contributed by atoms with E-state index < -0.39 is 24.9 Å². The molecule has 0 aromatic carbocycles. The van der Waals surface area contributed by atoms with Gasteiger partial charge < -0.3 is 0 Å². The van der Waals surface area contributed by atoms with Crippen molar-refractivity contribution in [2.45, 2.75) is 6.92 Å². The van der Waals surface area contributed by atoms with E-state index in [1.807, 2.05) is 0 Å². The summed E-state index contributed by atoms with van der Waals surface area (Å²) in [6, 6.07) is 1.56. The van der Waals surface area contributed by atoms with Gasteiger partial charge in [-0.2, -0.15) is 0 Å². The first-order valence-corrected chi connectivity index (χ1v) is 8.49. The maximum Gasteiger partial charge on any atom is 0.247 e. The number of nitrogens with zero attached hydrogens (tertiary/aromatic N) is 1. The molecule has 0 aliphatic heterocycles. The lowest BCUT2D eigenvalue weighted by atomic mass is 10.3. The number of nitrogens with one attached hydrogen (secondary N) is 1. The lowest BCUT2D eigenvalue weighted by molar-refractivity contribution is 0.595. The fourth-order valence-corrected chi connectivity index (χ4v) is 4.48. The number of hydrogen-bond donors (Lipinski definition) is 1. The Hall–Kier alpha value is -0.860. The lowest BCUT2D eigenvalue weighted by Gasteiger charge is -2.10. The molecular weight excluding hydrogens is 288 g/mol. The molecule has 0 spiro atoms. The van der Waals surface area contributed by atoms with Crippen molar-refractivity contribution in [3.05, 3.63) is 23.0 Å². The molecule has 0 saturated heterocycles. The summed E-state index contributed by atoms with van der Waals surface area (Å²) in [5.41, 5.74) is 0.653. The summed E-state index contributed by atoms with van der Waals surface area (Å²) in [7, 11) is -7.64. The molecule has 1 N–H and O–H groups in total. The van der Waals surface area contributed by atoms with Crippen molar-refractivity contribution >= 4 is 37.1 Å². The Morgan fingerprint density at radius 3 is 2.41 bits per heavy atom. The Labute approximate surface area is 105 Å². The normalized spacial score (nSPS) is 12.4. The van der Waals surface area contributed by atoms with Gasteiger partial charge in [0, 0.05) is 12.5 Å². The second kappa shape index (κ2) is 4.79. The Balaban J connectivity index is 3.07. The van der Waals surface area contributed by atoms with Crippen molar-refractivity contribution in [2.75, 3.05) is 16.1 Å². The zero-order chi connectivity index (χ0) is 13.3. The fraction of sp³-hybridized carbons (Fsp3) is 0.375. The Morgan fingerprint density at radius 2 is 1.94 bits per heavy atom. The van der Waals surface area contributed by atoms with Gasteiger partial charge in [0.25, 0.3) is 0 Å². The first kappa shape index (κ1) is 14.2. The summed E-state index contributed by atoms with van der Waals surface area (Å²) in [5, 5.41) is -1.02. The van der Waals surface area contributed by atoms with Crippen LogP contribution < -0.4 is 4.72 Å². The number of pyridine rings is 1. The first-order chi connectivity index (χ1) is 7.61. The van der Waals surface area contributed by atoms with Gasteiger partial charge in [-0.15, -0.1) is 0 Å². The maximum atomic E-state index is 11.5. The van der Waals surface area contributed by atoms with Crippen molar-refractivity contribution in [3.63, 3.8) is 0 Å². The second-order valence-corrected chi connectivity index (χ2v) is 8.14. The molecule has 6 nitrogen and oxygen atoms in total.